The number of aromatic nitrogens is 1. The summed E-state index contributed by atoms with van der Waals surface area (Å²) in [6, 6.07) is 16.4. The molecule has 0 radical (unpaired) electrons. The Hall–Kier alpha value is -2.86. The molecule has 0 aliphatic heterocycles. The molecule has 2 aromatic carbocycles. The number of benzene rings is 2. The van der Waals surface area contributed by atoms with Crippen LogP contribution in [0.1, 0.15) is 16.7 Å². The van der Waals surface area contributed by atoms with E-state index in [-0.39, 0.29) is 10.7 Å². The molecule has 0 aliphatic carbocycles. The van der Waals surface area contributed by atoms with Crippen molar-refractivity contribution in [2.75, 3.05) is 10.0 Å². The molecule has 6 heteroatoms. The molecule has 0 bridgehead atoms. The summed E-state index contributed by atoms with van der Waals surface area (Å²) >= 11 is 0. The van der Waals surface area contributed by atoms with E-state index in [0.717, 1.165) is 11.4 Å². The quantitative estimate of drug-likeness (QED) is 0.694. The SMILES string of the molecule is Cc1ccc(Nc2ccc(NS(=O)(=O)c3ccccc3C)nc2)cc1C. The number of nitrogens with zero attached hydrogens (tertiary/aromatic N) is 1. The lowest BCUT2D eigenvalue weighted by atomic mass is 10.1. The van der Waals surface area contributed by atoms with Crippen LogP contribution in [0.15, 0.2) is 65.7 Å². The van der Waals surface area contributed by atoms with Gasteiger partial charge in [0.25, 0.3) is 10.0 Å². The monoisotopic (exact) mass is 367 g/mol. The van der Waals surface area contributed by atoms with Crippen LogP contribution in [0, 0.1) is 20.8 Å². The van der Waals surface area contributed by atoms with Crippen LogP contribution in [0.25, 0.3) is 0 Å². The molecule has 3 aromatic rings. The van der Waals surface area contributed by atoms with Crippen LogP contribution in [0.3, 0.4) is 0 Å². The summed E-state index contributed by atoms with van der Waals surface area (Å²) in [4.78, 5) is 4.45. The van der Waals surface area contributed by atoms with E-state index >= 15 is 0 Å². The smallest absolute Gasteiger partial charge is 0.263 e. The van der Waals surface area contributed by atoms with Crippen molar-refractivity contribution in [1.29, 1.82) is 0 Å². The number of sulfonamides is 1. The van der Waals surface area contributed by atoms with Gasteiger partial charge in [0.05, 0.1) is 16.8 Å². The third kappa shape index (κ3) is 4.03. The average Bonchev–Trinajstić information content (AvgIpc) is 2.60. The molecule has 0 saturated carbocycles. The molecule has 0 fully saturated rings. The van der Waals surface area contributed by atoms with E-state index in [9.17, 15) is 8.42 Å². The number of aryl methyl sites for hydroxylation is 3. The molecule has 134 valence electrons. The summed E-state index contributed by atoms with van der Waals surface area (Å²) in [5.74, 6) is 0.277. The number of hydrogen-bond donors (Lipinski definition) is 2. The number of hydrogen-bond acceptors (Lipinski definition) is 4. The predicted molar refractivity (Wildman–Crippen MR) is 105 cm³/mol. The Bertz CT molecular complexity index is 1030. The van der Waals surface area contributed by atoms with Crippen molar-refractivity contribution < 1.29 is 8.42 Å². The minimum Gasteiger partial charge on any atom is -0.354 e. The molecule has 1 aromatic heterocycles. The molecular weight excluding hydrogens is 346 g/mol. The van der Waals surface area contributed by atoms with E-state index in [1.54, 1.807) is 49.5 Å². The average molecular weight is 367 g/mol. The standard InChI is InChI=1S/C20H21N3O2S/c1-14-8-9-17(12-16(14)3)22-18-10-11-20(21-13-18)23-26(24,25)19-7-5-4-6-15(19)2/h4-13,22H,1-3H3,(H,21,23). The normalized spacial score (nSPS) is 11.2. The highest BCUT2D eigenvalue weighted by Crippen LogP contribution is 2.21. The van der Waals surface area contributed by atoms with Gasteiger partial charge in [-0.05, 0) is 67.8 Å². The highest BCUT2D eigenvalue weighted by molar-refractivity contribution is 7.92. The molecule has 0 spiro atoms. The van der Waals surface area contributed by atoms with E-state index in [1.165, 1.54) is 11.1 Å². The van der Waals surface area contributed by atoms with E-state index in [1.807, 2.05) is 6.07 Å². The molecule has 0 atom stereocenters. The zero-order valence-corrected chi connectivity index (χ0v) is 15.8. The second-order valence-corrected chi connectivity index (χ2v) is 7.88. The Labute approximate surface area is 154 Å². The van der Waals surface area contributed by atoms with Crippen molar-refractivity contribution in [2.24, 2.45) is 0 Å². The lowest BCUT2D eigenvalue weighted by Gasteiger charge is -2.11. The largest absolute Gasteiger partial charge is 0.354 e. The molecular formula is C20H21N3O2S. The summed E-state index contributed by atoms with van der Waals surface area (Å²) in [5.41, 5.74) is 4.86. The fourth-order valence-electron chi connectivity index (χ4n) is 2.56. The fraction of sp³-hybridized carbons (Fsp3) is 0.150. The second-order valence-electron chi connectivity index (χ2n) is 6.23. The first kappa shape index (κ1) is 17.9. The summed E-state index contributed by atoms with van der Waals surface area (Å²) in [6.45, 7) is 5.89. The van der Waals surface area contributed by atoms with Crippen LogP contribution in [0.5, 0.6) is 0 Å². The summed E-state index contributed by atoms with van der Waals surface area (Å²) < 4.78 is 27.5. The fourth-order valence-corrected chi connectivity index (χ4v) is 3.82. The first-order chi connectivity index (χ1) is 12.3. The van der Waals surface area contributed by atoms with Crippen molar-refractivity contribution in [1.82, 2.24) is 4.98 Å². The van der Waals surface area contributed by atoms with Crippen molar-refractivity contribution in [3.8, 4) is 0 Å². The number of nitrogens with one attached hydrogen (secondary N) is 2. The number of anilines is 3. The van der Waals surface area contributed by atoms with Crippen molar-refractivity contribution >= 4 is 27.2 Å². The lowest BCUT2D eigenvalue weighted by molar-refractivity contribution is 0.600. The highest BCUT2D eigenvalue weighted by atomic mass is 32.2. The number of pyridine rings is 1. The molecule has 0 saturated heterocycles. The highest BCUT2D eigenvalue weighted by Gasteiger charge is 2.16. The van der Waals surface area contributed by atoms with Gasteiger partial charge < -0.3 is 5.32 Å². The Balaban J connectivity index is 1.75. The molecule has 3 rings (SSSR count). The van der Waals surface area contributed by atoms with Crippen molar-refractivity contribution in [3.63, 3.8) is 0 Å². The van der Waals surface area contributed by atoms with Gasteiger partial charge in [0.2, 0.25) is 0 Å². The van der Waals surface area contributed by atoms with Gasteiger partial charge in [0.1, 0.15) is 5.82 Å². The van der Waals surface area contributed by atoms with Crippen LogP contribution in [0.2, 0.25) is 0 Å². The van der Waals surface area contributed by atoms with Crippen LogP contribution in [-0.2, 0) is 10.0 Å². The summed E-state index contributed by atoms with van der Waals surface area (Å²) in [7, 11) is -3.66. The van der Waals surface area contributed by atoms with Gasteiger partial charge in [-0.2, -0.15) is 0 Å². The van der Waals surface area contributed by atoms with Gasteiger partial charge in [-0.1, -0.05) is 24.3 Å². The van der Waals surface area contributed by atoms with Gasteiger partial charge in [0, 0.05) is 5.69 Å². The predicted octanol–water partition coefficient (Wildman–Crippen LogP) is 4.55. The molecule has 1 heterocycles. The molecule has 2 N–H and O–H groups in total. The molecule has 0 unspecified atom stereocenters. The van der Waals surface area contributed by atoms with Gasteiger partial charge >= 0.3 is 0 Å². The third-order valence-electron chi connectivity index (χ3n) is 4.18. The third-order valence-corrected chi connectivity index (χ3v) is 5.70. The topological polar surface area (TPSA) is 71.1 Å². The van der Waals surface area contributed by atoms with E-state index in [2.05, 4.69) is 41.0 Å². The van der Waals surface area contributed by atoms with Crippen LogP contribution in [0.4, 0.5) is 17.2 Å². The summed E-state index contributed by atoms with van der Waals surface area (Å²) in [5, 5.41) is 3.26. The van der Waals surface area contributed by atoms with Crippen LogP contribution < -0.4 is 10.0 Å². The molecule has 26 heavy (non-hydrogen) atoms. The Morgan fingerprint density at radius 3 is 2.19 bits per heavy atom. The number of rotatable bonds is 5. The second kappa shape index (κ2) is 7.17. The molecule has 0 amide bonds. The van der Waals surface area contributed by atoms with E-state index in [0.29, 0.717) is 5.56 Å². The molecule has 0 aliphatic rings. The maximum absolute atomic E-state index is 12.5. The van der Waals surface area contributed by atoms with Gasteiger partial charge in [0.15, 0.2) is 0 Å². The van der Waals surface area contributed by atoms with Gasteiger partial charge in [-0.15, -0.1) is 0 Å². The first-order valence-electron chi connectivity index (χ1n) is 8.24. The Morgan fingerprint density at radius 2 is 1.54 bits per heavy atom. The van der Waals surface area contributed by atoms with Gasteiger partial charge in [-0.3, -0.25) is 4.72 Å². The zero-order valence-electron chi connectivity index (χ0n) is 14.9. The van der Waals surface area contributed by atoms with Gasteiger partial charge in [-0.25, -0.2) is 13.4 Å². The van der Waals surface area contributed by atoms with E-state index < -0.39 is 10.0 Å². The lowest BCUT2D eigenvalue weighted by Crippen LogP contribution is -2.15. The molecule has 5 nitrogen and oxygen atoms in total. The maximum atomic E-state index is 12.5. The first-order valence-corrected chi connectivity index (χ1v) is 9.72. The van der Waals surface area contributed by atoms with Crippen molar-refractivity contribution in [3.05, 3.63) is 77.5 Å². The Kier molecular flexibility index (Phi) is 4.95. The minimum absolute atomic E-state index is 0.249. The Morgan fingerprint density at radius 1 is 0.808 bits per heavy atom. The summed E-state index contributed by atoms with van der Waals surface area (Å²) in [6.07, 6.45) is 1.60. The minimum atomic E-state index is -3.66. The van der Waals surface area contributed by atoms with Crippen LogP contribution >= 0.6 is 0 Å². The zero-order chi connectivity index (χ0) is 18.7. The maximum Gasteiger partial charge on any atom is 0.263 e. The van der Waals surface area contributed by atoms with Crippen LogP contribution in [-0.4, -0.2) is 13.4 Å². The van der Waals surface area contributed by atoms with Crippen molar-refractivity contribution in [2.45, 2.75) is 25.7 Å². The van der Waals surface area contributed by atoms with E-state index in [4.69, 9.17) is 0 Å².